The number of halogens is 4. The number of benzene rings is 1. The molecular weight excluding hydrogens is 250 g/mol. The average Bonchev–Trinajstić information content (AvgIpc) is 2.71. The summed E-state index contributed by atoms with van der Waals surface area (Å²) in [5, 5.41) is 9.57. The summed E-state index contributed by atoms with van der Waals surface area (Å²) in [6, 6.07) is 6.28. The molecule has 1 N–H and O–H groups in total. The van der Waals surface area contributed by atoms with Crippen molar-refractivity contribution < 1.29 is 22.7 Å². The summed E-state index contributed by atoms with van der Waals surface area (Å²) in [5.74, 6) is -4.05. The van der Waals surface area contributed by atoms with Crippen molar-refractivity contribution in [2.24, 2.45) is 0 Å². The Balaban J connectivity index is 2.35. The summed E-state index contributed by atoms with van der Waals surface area (Å²) in [7, 11) is 0. The molecule has 0 aliphatic carbocycles. The first kappa shape index (κ1) is 12.9. The van der Waals surface area contributed by atoms with E-state index in [2.05, 4.69) is 0 Å². The van der Waals surface area contributed by atoms with E-state index in [1.165, 1.54) is 12.3 Å². The van der Waals surface area contributed by atoms with Gasteiger partial charge in [0.2, 0.25) is 0 Å². The van der Waals surface area contributed by atoms with E-state index in [4.69, 9.17) is 5.11 Å². The molecule has 98 valence electrons. The quantitative estimate of drug-likeness (QED) is 0.841. The summed E-state index contributed by atoms with van der Waals surface area (Å²) in [6.07, 6.45) is -2.35. The molecule has 0 aliphatic heterocycles. The van der Waals surface area contributed by atoms with Crippen molar-refractivity contribution in [3.05, 3.63) is 36.0 Å². The normalized spacial score (nSPS) is 12.6. The Bertz CT molecular complexity index is 550. The Morgan fingerprint density at radius 2 is 1.94 bits per heavy atom. The maximum Gasteiger partial charge on any atom is 0.324 e. The molecule has 0 aliphatic rings. The van der Waals surface area contributed by atoms with Gasteiger partial charge in [0, 0.05) is 11.7 Å². The van der Waals surface area contributed by atoms with E-state index in [1.807, 2.05) is 0 Å². The van der Waals surface area contributed by atoms with E-state index in [9.17, 15) is 17.6 Å². The van der Waals surface area contributed by atoms with Gasteiger partial charge in [-0.3, -0.25) is 0 Å². The van der Waals surface area contributed by atoms with Gasteiger partial charge < -0.3 is 9.67 Å². The molecule has 18 heavy (non-hydrogen) atoms. The molecule has 2 aromatic rings. The third kappa shape index (κ3) is 2.33. The van der Waals surface area contributed by atoms with Crippen molar-refractivity contribution in [2.45, 2.75) is 25.5 Å². The van der Waals surface area contributed by atoms with Crippen molar-refractivity contribution in [3.63, 3.8) is 0 Å². The molecule has 6 heteroatoms. The second-order valence-electron chi connectivity index (χ2n) is 4.06. The zero-order valence-electron chi connectivity index (χ0n) is 9.28. The topological polar surface area (TPSA) is 25.2 Å². The monoisotopic (exact) mass is 261 g/mol. The zero-order chi connectivity index (χ0) is 13.3. The summed E-state index contributed by atoms with van der Waals surface area (Å²) < 4.78 is 51.3. The molecule has 0 bridgehead atoms. The number of aliphatic hydroxyl groups excluding tert-OH is 1. The minimum atomic E-state index is -4.05. The van der Waals surface area contributed by atoms with Crippen molar-refractivity contribution >= 4 is 10.9 Å². The lowest BCUT2D eigenvalue weighted by Gasteiger charge is -2.16. The number of fused-ring (bicyclic) bond motifs is 1. The Hall–Kier alpha value is -1.56. The first-order valence-electron chi connectivity index (χ1n) is 5.28. The molecule has 0 amide bonds. The Morgan fingerprint density at radius 1 is 1.22 bits per heavy atom. The molecule has 0 saturated carbocycles. The van der Waals surface area contributed by atoms with Gasteiger partial charge in [-0.25, -0.2) is 8.78 Å². The summed E-state index contributed by atoms with van der Waals surface area (Å²) in [5.41, 5.74) is 1.08. The first-order chi connectivity index (χ1) is 8.44. The Kier molecular flexibility index (Phi) is 3.30. The predicted molar refractivity (Wildman–Crippen MR) is 58.8 cm³/mol. The molecule has 0 radical (unpaired) electrons. The minimum Gasteiger partial charge on any atom is -0.392 e. The number of aliphatic hydroxyl groups is 1. The van der Waals surface area contributed by atoms with Gasteiger partial charge in [-0.1, -0.05) is 6.07 Å². The first-order valence-corrected chi connectivity index (χ1v) is 5.28. The van der Waals surface area contributed by atoms with Crippen LogP contribution in [0.15, 0.2) is 30.5 Å². The highest BCUT2D eigenvalue weighted by Crippen LogP contribution is 2.27. The Morgan fingerprint density at radius 3 is 2.56 bits per heavy atom. The van der Waals surface area contributed by atoms with Crippen LogP contribution in [0.1, 0.15) is 5.56 Å². The van der Waals surface area contributed by atoms with Crippen molar-refractivity contribution in [2.75, 3.05) is 0 Å². The molecule has 1 aromatic carbocycles. The van der Waals surface area contributed by atoms with Crippen molar-refractivity contribution in [1.82, 2.24) is 4.57 Å². The van der Waals surface area contributed by atoms with Crippen LogP contribution in [0.3, 0.4) is 0 Å². The van der Waals surface area contributed by atoms with Gasteiger partial charge in [-0.05, 0) is 29.1 Å². The number of hydrogen-bond donors (Lipinski definition) is 1. The highest BCUT2D eigenvalue weighted by atomic mass is 19.3. The lowest BCUT2D eigenvalue weighted by atomic mass is 10.2. The minimum absolute atomic E-state index is 0.158. The van der Waals surface area contributed by atoms with Gasteiger partial charge in [0.15, 0.2) is 0 Å². The van der Waals surface area contributed by atoms with Crippen LogP contribution in [0.2, 0.25) is 0 Å². The van der Waals surface area contributed by atoms with Crippen LogP contribution in [-0.4, -0.2) is 22.0 Å². The number of nitrogens with zero attached hydrogens (tertiary/aromatic N) is 1. The van der Waals surface area contributed by atoms with Gasteiger partial charge in [-0.2, -0.15) is 8.78 Å². The van der Waals surface area contributed by atoms with Crippen LogP contribution < -0.4 is 0 Å². The maximum atomic E-state index is 13.0. The molecule has 0 atom stereocenters. The molecule has 1 aromatic heterocycles. The molecule has 0 unspecified atom stereocenters. The Labute approximate surface area is 100 Å². The third-order valence-electron chi connectivity index (χ3n) is 2.72. The highest BCUT2D eigenvalue weighted by Gasteiger charge is 2.41. The number of hydrogen-bond acceptors (Lipinski definition) is 1. The van der Waals surface area contributed by atoms with E-state index in [0.29, 0.717) is 16.5 Å². The molecule has 0 saturated heterocycles. The summed E-state index contributed by atoms with van der Waals surface area (Å²) >= 11 is 0. The van der Waals surface area contributed by atoms with Crippen molar-refractivity contribution in [3.8, 4) is 0 Å². The highest BCUT2D eigenvalue weighted by molar-refractivity contribution is 5.80. The lowest BCUT2D eigenvalue weighted by Crippen LogP contribution is -2.31. The molecule has 0 spiro atoms. The molecule has 2 rings (SSSR count). The maximum absolute atomic E-state index is 13.0. The lowest BCUT2D eigenvalue weighted by molar-refractivity contribution is -0.137. The standard InChI is InChI=1S/C12H11F4NO/c13-11(14)12(15,16)7-17-4-3-9-5-8(6-18)1-2-10(9)17/h1-5,11,18H,6-7H2. The van der Waals surface area contributed by atoms with Gasteiger partial charge in [0.1, 0.15) is 0 Å². The largest absolute Gasteiger partial charge is 0.392 e. The average molecular weight is 261 g/mol. The van der Waals surface area contributed by atoms with E-state index in [-0.39, 0.29) is 6.61 Å². The van der Waals surface area contributed by atoms with Crippen LogP contribution in [0.4, 0.5) is 17.6 Å². The van der Waals surface area contributed by atoms with E-state index >= 15 is 0 Å². The third-order valence-corrected chi connectivity index (χ3v) is 2.72. The predicted octanol–water partition coefficient (Wildman–Crippen LogP) is 3.03. The summed E-state index contributed by atoms with van der Waals surface area (Å²) in [6.45, 7) is -1.22. The van der Waals surface area contributed by atoms with Crippen LogP contribution in [0.5, 0.6) is 0 Å². The SMILES string of the molecule is OCc1ccc2c(ccn2CC(F)(F)C(F)F)c1. The zero-order valence-corrected chi connectivity index (χ0v) is 9.28. The number of alkyl halides is 4. The van der Waals surface area contributed by atoms with E-state index < -0.39 is 18.9 Å². The smallest absolute Gasteiger partial charge is 0.324 e. The second-order valence-corrected chi connectivity index (χ2v) is 4.06. The molecule has 1 heterocycles. The fourth-order valence-corrected chi connectivity index (χ4v) is 1.78. The van der Waals surface area contributed by atoms with Crippen LogP contribution in [0.25, 0.3) is 10.9 Å². The van der Waals surface area contributed by atoms with Crippen LogP contribution in [-0.2, 0) is 13.2 Å². The van der Waals surface area contributed by atoms with Crippen LogP contribution >= 0.6 is 0 Å². The van der Waals surface area contributed by atoms with E-state index in [1.54, 1.807) is 18.2 Å². The van der Waals surface area contributed by atoms with Crippen LogP contribution in [0, 0.1) is 0 Å². The number of aromatic nitrogens is 1. The van der Waals surface area contributed by atoms with Gasteiger partial charge in [-0.15, -0.1) is 0 Å². The summed E-state index contributed by atoms with van der Waals surface area (Å²) in [4.78, 5) is 0. The van der Waals surface area contributed by atoms with Gasteiger partial charge in [0.05, 0.1) is 13.2 Å². The van der Waals surface area contributed by atoms with Gasteiger partial charge in [0.25, 0.3) is 0 Å². The fraction of sp³-hybridized carbons (Fsp3) is 0.333. The second kappa shape index (κ2) is 4.61. The fourth-order valence-electron chi connectivity index (χ4n) is 1.78. The van der Waals surface area contributed by atoms with E-state index in [0.717, 1.165) is 4.57 Å². The van der Waals surface area contributed by atoms with Crippen molar-refractivity contribution in [1.29, 1.82) is 0 Å². The number of rotatable bonds is 4. The molecular formula is C12H11F4NO. The molecule has 0 fully saturated rings. The molecule has 2 nitrogen and oxygen atoms in total. The van der Waals surface area contributed by atoms with Gasteiger partial charge >= 0.3 is 12.3 Å².